The molecule has 0 saturated carbocycles. The molecule has 0 unspecified atom stereocenters. The predicted octanol–water partition coefficient (Wildman–Crippen LogP) is 4.00. The highest BCUT2D eigenvalue weighted by Crippen LogP contribution is 2.24. The molecule has 18 heavy (non-hydrogen) atoms. The van der Waals surface area contributed by atoms with Gasteiger partial charge in [0.05, 0.1) is 6.04 Å². The van der Waals surface area contributed by atoms with Crippen LogP contribution in [-0.2, 0) is 4.74 Å². The van der Waals surface area contributed by atoms with E-state index in [1.54, 1.807) is 11.9 Å². The van der Waals surface area contributed by atoms with Crippen LogP contribution >= 0.6 is 0 Å². The van der Waals surface area contributed by atoms with Gasteiger partial charge in [0.15, 0.2) is 0 Å². The number of nitrogens with zero attached hydrogens (tertiary/aromatic N) is 1. The first-order chi connectivity index (χ1) is 8.35. The molecule has 1 atom stereocenters. The Morgan fingerprint density at radius 2 is 1.83 bits per heavy atom. The molecule has 1 aromatic carbocycles. The van der Waals surface area contributed by atoms with Gasteiger partial charge in [-0.2, -0.15) is 0 Å². The molecule has 0 aliphatic rings. The molecule has 0 radical (unpaired) electrons. The Kier molecular flexibility index (Phi) is 4.76. The van der Waals surface area contributed by atoms with Gasteiger partial charge in [0, 0.05) is 7.05 Å². The van der Waals surface area contributed by atoms with E-state index in [1.807, 2.05) is 51.1 Å². The second-order valence-corrected chi connectivity index (χ2v) is 5.43. The molecule has 3 heteroatoms. The van der Waals surface area contributed by atoms with Crippen LogP contribution in [-0.4, -0.2) is 23.6 Å². The van der Waals surface area contributed by atoms with E-state index in [9.17, 15) is 4.79 Å². The minimum Gasteiger partial charge on any atom is -0.444 e. The lowest BCUT2D eigenvalue weighted by Crippen LogP contribution is -2.36. The summed E-state index contributed by atoms with van der Waals surface area (Å²) in [4.78, 5) is 13.7. The highest BCUT2D eigenvalue weighted by Gasteiger charge is 2.25. The van der Waals surface area contributed by atoms with Gasteiger partial charge in [-0.1, -0.05) is 37.3 Å². The summed E-state index contributed by atoms with van der Waals surface area (Å²) in [6.07, 6.45) is 0.581. The maximum absolute atomic E-state index is 12.0. The molecule has 1 amide bonds. The quantitative estimate of drug-likeness (QED) is 0.810. The molecule has 0 aliphatic carbocycles. The zero-order chi connectivity index (χ0) is 13.8. The Balaban J connectivity index is 2.80. The fourth-order valence-electron chi connectivity index (χ4n) is 1.87. The van der Waals surface area contributed by atoms with Gasteiger partial charge in [0.1, 0.15) is 5.60 Å². The van der Waals surface area contributed by atoms with Crippen LogP contribution in [0.15, 0.2) is 30.3 Å². The van der Waals surface area contributed by atoms with Gasteiger partial charge in [-0.05, 0) is 32.8 Å². The second-order valence-electron chi connectivity index (χ2n) is 5.43. The molecule has 0 heterocycles. The highest BCUT2D eigenvalue weighted by atomic mass is 16.6. The second kappa shape index (κ2) is 5.89. The SMILES string of the molecule is CC[C@H](c1ccccc1)N(C)C(=O)OC(C)(C)C. The van der Waals surface area contributed by atoms with Crippen molar-refractivity contribution in [2.45, 2.75) is 45.8 Å². The molecule has 0 bridgehead atoms. The minimum atomic E-state index is -0.458. The van der Waals surface area contributed by atoms with E-state index in [1.165, 1.54) is 0 Å². The lowest BCUT2D eigenvalue weighted by atomic mass is 10.0. The molecule has 0 N–H and O–H groups in total. The summed E-state index contributed by atoms with van der Waals surface area (Å²) < 4.78 is 5.39. The third kappa shape index (κ3) is 4.06. The molecule has 1 aromatic rings. The van der Waals surface area contributed by atoms with Gasteiger partial charge in [0.25, 0.3) is 0 Å². The molecule has 0 fully saturated rings. The van der Waals surface area contributed by atoms with Crippen LogP contribution in [0, 0.1) is 0 Å². The molecule has 0 aliphatic heterocycles. The summed E-state index contributed by atoms with van der Waals surface area (Å²) in [5, 5.41) is 0. The zero-order valence-corrected chi connectivity index (χ0v) is 11.9. The van der Waals surface area contributed by atoms with Crippen LogP contribution in [0.5, 0.6) is 0 Å². The largest absolute Gasteiger partial charge is 0.444 e. The summed E-state index contributed by atoms with van der Waals surface area (Å²) in [5.41, 5.74) is 0.675. The minimum absolute atomic E-state index is 0.0565. The smallest absolute Gasteiger partial charge is 0.410 e. The first-order valence-electron chi connectivity index (χ1n) is 6.36. The molecular formula is C15H23NO2. The van der Waals surface area contributed by atoms with E-state index >= 15 is 0 Å². The third-order valence-electron chi connectivity index (χ3n) is 2.72. The van der Waals surface area contributed by atoms with Gasteiger partial charge < -0.3 is 9.64 Å². The van der Waals surface area contributed by atoms with E-state index in [2.05, 4.69) is 6.92 Å². The van der Waals surface area contributed by atoms with Crippen molar-refractivity contribution in [1.82, 2.24) is 4.90 Å². The van der Waals surface area contributed by atoms with Crippen molar-refractivity contribution in [2.24, 2.45) is 0 Å². The zero-order valence-electron chi connectivity index (χ0n) is 11.9. The molecule has 0 spiro atoms. The first kappa shape index (κ1) is 14.6. The third-order valence-corrected chi connectivity index (χ3v) is 2.72. The Bertz CT molecular complexity index is 381. The van der Waals surface area contributed by atoms with Crippen LogP contribution in [0.25, 0.3) is 0 Å². The number of rotatable bonds is 3. The average molecular weight is 249 g/mol. The van der Waals surface area contributed by atoms with Gasteiger partial charge in [0.2, 0.25) is 0 Å². The summed E-state index contributed by atoms with van der Waals surface area (Å²) in [7, 11) is 1.79. The maximum atomic E-state index is 12.0. The monoisotopic (exact) mass is 249 g/mol. The van der Waals surface area contributed by atoms with Crippen LogP contribution in [0.1, 0.15) is 45.7 Å². The number of benzene rings is 1. The predicted molar refractivity (Wildman–Crippen MR) is 73.5 cm³/mol. The van der Waals surface area contributed by atoms with Crippen LogP contribution < -0.4 is 0 Å². The lowest BCUT2D eigenvalue weighted by Gasteiger charge is -2.30. The summed E-state index contributed by atoms with van der Waals surface area (Å²) in [6, 6.07) is 10.1. The fourth-order valence-corrected chi connectivity index (χ4v) is 1.87. The lowest BCUT2D eigenvalue weighted by molar-refractivity contribution is 0.0215. The molecule has 3 nitrogen and oxygen atoms in total. The number of ether oxygens (including phenoxy) is 1. The molecule has 0 aromatic heterocycles. The van der Waals surface area contributed by atoms with E-state index in [0.29, 0.717) is 0 Å². The molecule has 1 rings (SSSR count). The highest BCUT2D eigenvalue weighted by molar-refractivity contribution is 5.68. The van der Waals surface area contributed by atoms with Gasteiger partial charge in [-0.3, -0.25) is 0 Å². The average Bonchev–Trinajstić information content (AvgIpc) is 2.29. The number of hydrogen-bond donors (Lipinski definition) is 0. The molecule has 0 saturated heterocycles. The van der Waals surface area contributed by atoms with Crippen molar-refractivity contribution in [3.05, 3.63) is 35.9 Å². The van der Waals surface area contributed by atoms with Gasteiger partial charge >= 0.3 is 6.09 Å². The van der Waals surface area contributed by atoms with Crippen LogP contribution in [0.2, 0.25) is 0 Å². The number of amides is 1. The van der Waals surface area contributed by atoms with Crippen molar-refractivity contribution in [3.63, 3.8) is 0 Å². The van der Waals surface area contributed by atoms with Crippen molar-refractivity contribution in [1.29, 1.82) is 0 Å². The Labute approximate surface area is 110 Å². The Hall–Kier alpha value is -1.51. The van der Waals surface area contributed by atoms with Crippen molar-refractivity contribution < 1.29 is 9.53 Å². The first-order valence-corrected chi connectivity index (χ1v) is 6.36. The van der Waals surface area contributed by atoms with Crippen molar-refractivity contribution in [3.8, 4) is 0 Å². The molecule has 100 valence electrons. The van der Waals surface area contributed by atoms with E-state index in [4.69, 9.17) is 4.74 Å². The number of hydrogen-bond acceptors (Lipinski definition) is 2. The Morgan fingerprint density at radius 3 is 2.28 bits per heavy atom. The standard InChI is InChI=1S/C15H23NO2/c1-6-13(12-10-8-7-9-11-12)16(5)14(17)18-15(2,3)4/h7-11,13H,6H2,1-5H3/t13-/m1/s1. The molecular weight excluding hydrogens is 226 g/mol. The van der Waals surface area contributed by atoms with Crippen molar-refractivity contribution >= 4 is 6.09 Å². The van der Waals surface area contributed by atoms with Crippen LogP contribution in [0.3, 0.4) is 0 Å². The van der Waals surface area contributed by atoms with E-state index in [0.717, 1.165) is 12.0 Å². The van der Waals surface area contributed by atoms with Gasteiger partial charge in [-0.25, -0.2) is 4.79 Å². The fraction of sp³-hybridized carbons (Fsp3) is 0.533. The summed E-state index contributed by atoms with van der Waals surface area (Å²) in [5.74, 6) is 0. The maximum Gasteiger partial charge on any atom is 0.410 e. The number of carbonyl (C=O) groups excluding carboxylic acids is 1. The van der Waals surface area contributed by atoms with E-state index in [-0.39, 0.29) is 12.1 Å². The van der Waals surface area contributed by atoms with Crippen LogP contribution in [0.4, 0.5) is 4.79 Å². The topological polar surface area (TPSA) is 29.5 Å². The van der Waals surface area contributed by atoms with Gasteiger partial charge in [-0.15, -0.1) is 0 Å². The summed E-state index contributed by atoms with van der Waals surface area (Å²) >= 11 is 0. The van der Waals surface area contributed by atoms with E-state index < -0.39 is 5.60 Å². The normalized spacial score (nSPS) is 12.9. The Morgan fingerprint density at radius 1 is 1.28 bits per heavy atom. The number of carbonyl (C=O) groups is 1. The van der Waals surface area contributed by atoms with Crippen molar-refractivity contribution in [2.75, 3.05) is 7.05 Å². The summed E-state index contributed by atoms with van der Waals surface area (Å²) in [6.45, 7) is 7.70.